The molecule has 0 aromatic heterocycles. The fourth-order valence-electron chi connectivity index (χ4n) is 1.67. The van der Waals surface area contributed by atoms with E-state index in [1.54, 1.807) is 24.3 Å². The number of nitro benzene ring substituents is 1. The molecule has 0 aliphatic rings. The minimum Gasteiger partial charge on any atom is -0.506 e. The SMILES string of the molecule is O=C(NC(=S)Nc1cc([N+](=O)[O-])ccc1O)c1ccc(I)cc1. The van der Waals surface area contributed by atoms with Crippen LogP contribution in [-0.2, 0) is 0 Å². The van der Waals surface area contributed by atoms with Crippen molar-refractivity contribution in [2.24, 2.45) is 0 Å². The number of aromatic hydroxyl groups is 1. The molecule has 2 aromatic carbocycles. The van der Waals surface area contributed by atoms with E-state index in [1.165, 1.54) is 6.07 Å². The average Bonchev–Trinajstić information content (AvgIpc) is 2.49. The molecule has 0 heterocycles. The predicted molar refractivity (Wildman–Crippen MR) is 97.6 cm³/mol. The third kappa shape index (κ3) is 4.60. The molecule has 0 saturated heterocycles. The van der Waals surface area contributed by atoms with E-state index < -0.39 is 10.8 Å². The molecule has 0 bridgehead atoms. The highest BCUT2D eigenvalue weighted by Crippen LogP contribution is 2.27. The molecule has 0 radical (unpaired) electrons. The van der Waals surface area contributed by atoms with Gasteiger partial charge in [0.15, 0.2) is 5.11 Å². The standard InChI is InChI=1S/C14H10IN3O4S/c15-9-3-1-8(2-4-9)13(20)17-14(23)16-11-7-10(18(21)22)5-6-12(11)19/h1-7,19H,(H2,16,17,20,23). The number of phenolic OH excluding ortho intramolecular Hbond substituents is 1. The van der Waals surface area contributed by atoms with Gasteiger partial charge in [0.05, 0.1) is 10.6 Å². The van der Waals surface area contributed by atoms with Crippen LogP contribution in [-0.4, -0.2) is 21.0 Å². The number of hydrogen-bond acceptors (Lipinski definition) is 5. The zero-order valence-electron chi connectivity index (χ0n) is 11.4. The maximum absolute atomic E-state index is 12.0. The van der Waals surface area contributed by atoms with E-state index in [0.29, 0.717) is 5.56 Å². The smallest absolute Gasteiger partial charge is 0.271 e. The third-order valence-electron chi connectivity index (χ3n) is 2.77. The van der Waals surface area contributed by atoms with E-state index in [0.717, 1.165) is 15.7 Å². The van der Waals surface area contributed by atoms with Gasteiger partial charge in [0.25, 0.3) is 11.6 Å². The number of non-ortho nitro benzene ring substituents is 1. The molecule has 7 nitrogen and oxygen atoms in total. The number of amides is 1. The topological polar surface area (TPSA) is 104 Å². The van der Waals surface area contributed by atoms with Crippen molar-refractivity contribution in [2.45, 2.75) is 0 Å². The largest absolute Gasteiger partial charge is 0.506 e. The fourth-order valence-corrected chi connectivity index (χ4v) is 2.23. The molecule has 0 fully saturated rings. The van der Waals surface area contributed by atoms with Gasteiger partial charge in [-0.15, -0.1) is 0 Å². The number of halogens is 1. The molecule has 0 aliphatic carbocycles. The molecule has 9 heteroatoms. The summed E-state index contributed by atoms with van der Waals surface area (Å²) in [6.07, 6.45) is 0. The fraction of sp³-hybridized carbons (Fsp3) is 0. The minimum absolute atomic E-state index is 0.0344. The van der Waals surface area contributed by atoms with Gasteiger partial charge in [0.1, 0.15) is 5.75 Å². The summed E-state index contributed by atoms with van der Waals surface area (Å²) in [4.78, 5) is 22.1. The van der Waals surface area contributed by atoms with Crippen molar-refractivity contribution in [3.8, 4) is 5.75 Å². The number of benzene rings is 2. The second-order valence-corrected chi connectivity index (χ2v) is 6.03. The Hall–Kier alpha value is -2.27. The number of nitro groups is 1. The number of carbonyl (C=O) groups is 1. The van der Waals surface area contributed by atoms with Gasteiger partial charge in [0, 0.05) is 21.3 Å². The Balaban J connectivity index is 2.07. The van der Waals surface area contributed by atoms with E-state index in [1.807, 2.05) is 0 Å². The molecule has 0 saturated carbocycles. The molecular formula is C14H10IN3O4S. The summed E-state index contributed by atoms with van der Waals surface area (Å²) in [6, 6.07) is 10.3. The van der Waals surface area contributed by atoms with Crippen molar-refractivity contribution in [1.82, 2.24) is 5.32 Å². The van der Waals surface area contributed by atoms with E-state index in [4.69, 9.17) is 12.2 Å². The Morgan fingerprint density at radius 3 is 2.48 bits per heavy atom. The first-order valence-corrected chi connectivity index (χ1v) is 7.71. The summed E-state index contributed by atoms with van der Waals surface area (Å²) in [7, 11) is 0. The number of phenols is 1. The van der Waals surface area contributed by atoms with E-state index >= 15 is 0 Å². The van der Waals surface area contributed by atoms with Crippen LogP contribution in [0.2, 0.25) is 0 Å². The van der Waals surface area contributed by atoms with Crippen molar-refractivity contribution in [2.75, 3.05) is 5.32 Å². The third-order valence-corrected chi connectivity index (χ3v) is 3.70. The maximum Gasteiger partial charge on any atom is 0.271 e. The molecule has 23 heavy (non-hydrogen) atoms. The highest BCUT2D eigenvalue weighted by Gasteiger charge is 2.13. The zero-order chi connectivity index (χ0) is 17.0. The lowest BCUT2D eigenvalue weighted by Gasteiger charge is -2.10. The lowest BCUT2D eigenvalue weighted by atomic mass is 10.2. The summed E-state index contributed by atoms with van der Waals surface area (Å²) in [5.74, 6) is -0.648. The number of carbonyl (C=O) groups excluding carboxylic acids is 1. The molecule has 0 spiro atoms. The molecule has 118 valence electrons. The van der Waals surface area contributed by atoms with Crippen molar-refractivity contribution in [1.29, 1.82) is 0 Å². The average molecular weight is 443 g/mol. The highest BCUT2D eigenvalue weighted by atomic mass is 127. The molecule has 1 amide bonds. The molecule has 0 aliphatic heterocycles. The molecular weight excluding hydrogens is 433 g/mol. The lowest BCUT2D eigenvalue weighted by molar-refractivity contribution is -0.384. The van der Waals surface area contributed by atoms with Crippen LogP contribution in [0.15, 0.2) is 42.5 Å². The van der Waals surface area contributed by atoms with Crippen LogP contribution in [0.4, 0.5) is 11.4 Å². The lowest BCUT2D eigenvalue weighted by Crippen LogP contribution is -2.34. The maximum atomic E-state index is 12.0. The van der Waals surface area contributed by atoms with Crippen LogP contribution in [0, 0.1) is 13.7 Å². The Kier molecular flexibility index (Phi) is 5.45. The van der Waals surface area contributed by atoms with Crippen LogP contribution < -0.4 is 10.6 Å². The number of nitrogens with one attached hydrogen (secondary N) is 2. The monoisotopic (exact) mass is 443 g/mol. The second-order valence-electron chi connectivity index (χ2n) is 4.37. The van der Waals surface area contributed by atoms with Gasteiger partial charge in [-0.3, -0.25) is 20.2 Å². The summed E-state index contributed by atoms with van der Waals surface area (Å²) in [5.41, 5.74) is 0.238. The second kappa shape index (κ2) is 7.33. The van der Waals surface area contributed by atoms with Crippen LogP contribution in [0.25, 0.3) is 0 Å². The molecule has 3 N–H and O–H groups in total. The van der Waals surface area contributed by atoms with Gasteiger partial charge in [0.2, 0.25) is 0 Å². The molecule has 0 unspecified atom stereocenters. The van der Waals surface area contributed by atoms with Crippen LogP contribution in [0.5, 0.6) is 5.75 Å². The molecule has 2 rings (SSSR count). The summed E-state index contributed by atoms with van der Waals surface area (Å²) >= 11 is 7.10. The van der Waals surface area contributed by atoms with Crippen molar-refractivity contribution < 1.29 is 14.8 Å². The zero-order valence-corrected chi connectivity index (χ0v) is 14.4. The number of anilines is 1. The Morgan fingerprint density at radius 1 is 1.22 bits per heavy atom. The number of rotatable bonds is 3. The molecule has 0 atom stereocenters. The summed E-state index contributed by atoms with van der Waals surface area (Å²) < 4.78 is 0.987. The predicted octanol–water partition coefficient (Wildman–Crippen LogP) is 3.03. The summed E-state index contributed by atoms with van der Waals surface area (Å²) in [5, 5.41) is 25.3. The van der Waals surface area contributed by atoms with Gasteiger partial charge in [-0.1, -0.05) is 0 Å². The van der Waals surface area contributed by atoms with Gasteiger partial charge in [-0.2, -0.15) is 0 Å². The van der Waals surface area contributed by atoms with E-state index in [2.05, 4.69) is 33.2 Å². The van der Waals surface area contributed by atoms with Crippen LogP contribution in [0.1, 0.15) is 10.4 Å². The van der Waals surface area contributed by atoms with Crippen LogP contribution >= 0.6 is 34.8 Å². The number of hydrogen-bond donors (Lipinski definition) is 3. The van der Waals surface area contributed by atoms with E-state index in [9.17, 15) is 20.0 Å². The van der Waals surface area contributed by atoms with Crippen molar-refractivity contribution in [3.05, 3.63) is 61.7 Å². The normalized spacial score (nSPS) is 9.96. The first-order valence-electron chi connectivity index (χ1n) is 6.22. The van der Waals surface area contributed by atoms with Crippen LogP contribution in [0.3, 0.4) is 0 Å². The first-order chi connectivity index (χ1) is 10.9. The van der Waals surface area contributed by atoms with Gasteiger partial charge in [-0.25, -0.2) is 0 Å². The van der Waals surface area contributed by atoms with Gasteiger partial charge >= 0.3 is 0 Å². The Labute approximate surface area is 150 Å². The summed E-state index contributed by atoms with van der Waals surface area (Å²) in [6.45, 7) is 0. The number of nitrogens with zero attached hydrogens (tertiary/aromatic N) is 1. The highest BCUT2D eigenvalue weighted by molar-refractivity contribution is 14.1. The Morgan fingerprint density at radius 2 is 1.87 bits per heavy atom. The Bertz CT molecular complexity index is 780. The van der Waals surface area contributed by atoms with Gasteiger partial charge < -0.3 is 10.4 Å². The van der Waals surface area contributed by atoms with Gasteiger partial charge in [-0.05, 0) is 65.1 Å². The quantitative estimate of drug-likeness (QED) is 0.222. The number of thiocarbonyl (C=S) groups is 1. The van der Waals surface area contributed by atoms with E-state index in [-0.39, 0.29) is 22.2 Å². The minimum atomic E-state index is -0.599. The van der Waals surface area contributed by atoms with Crippen molar-refractivity contribution in [3.63, 3.8) is 0 Å². The molecule has 2 aromatic rings. The first kappa shape index (κ1) is 17.1. The van der Waals surface area contributed by atoms with Crippen molar-refractivity contribution >= 4 is 57.2 Å².